The summed E-state index contributed by atoms with van der Waals surface area (Å²) >= 11 is 3.44. The SMILES string of the molecule is CCC(CBr)CN1C(=O)C(=O)c2ccccc21. The van der Waals surface area contributed by atoms with E-state index in [1.54, 1.807) is 17.0 Å². The number of carbonyl (C=O) groups excluding carboxylic acids is 2. The highest BCUT2D eigenvalue weighted by atomic mass is 79.9. The predicted octanol–water partition coefficient (Wildman–Crippen LogP) is 2.64. The molecule has 17 heavy (non-hydrogen) atoms. The molecule has 2 rings (SSSR count). The molecule has 0 saturated carbocycles. The average molecular weight is 296 g/mol. The summed E-state index contributed by atoms with van der Waals surface area (Å²) in [5.74, 6) is -0.409. The van der Waals surface area contributed by atoms with Crippen LogP contribution in [-0.4, -0.2) is 23.6 Å². The first-order chi connectivity index (χ1) is 8.19. The van der Waals surface area contributed by atoms with E-state index in [0.29, 0.717) is 18.0 Å². The van der Waals surface area contributed by atoms with Gasteiger partial charge < -0.3 is 4.90 Å². The van der Waals surface area contributed by atoms with Crippen molar-refractivity contribution in [3.8, 4) is 0 Å². The maximum Gasteiger partial charge on any atom is 0.299 e. The van der Waals surface area contributed by atoms with Crippen LogP contribution in [0.15, 0.2) is 24.3 Å². The summed E-state index contributed by atoms with van der Waals surface area (Å²) in [7, 11) is 0. The summed E-state index contributed by atoms with van der Waals surface area (Å²) in [5.41, 5.74) is 1.28. The van der Waals surface area contributed by atoms with Gasteiger partial charge in [-0.25, -0.2) is 0 Å². The third-order valence-electron chi connectivity index (χ3n) is 3.12. The second kappa shape index (κ2) is 5.00. The van der Waals surface area contributed by atoms with Crippen molar-refractivity contribution in [2.45, 2.75) is 13.3 Å². The molecule has 4 heteroatoms. The molecule has 3 nitrogen and oxygen atoms in total. The molecule has 0 saturated heterocycles. The topological polar surface area (TPSA) is 37.4 Å². The van der Waals surface area contributed by atoms with Crippen molar-refractivity contribution in [2.75, 3.05) is 16.8 Å². The number of hydrogen-bond acceptors (Lipinski definition) is 2. The van der Waals surface area contributed by atoms with Crippen molar-refractivity contribution >= 4 is 33.3 Å². The molecule has 90 valence electrons. The number of hydrogen-bond donors (Lipinski definition) is 0. The molecule has 0 spiro atoms. The number of rotatable bonds is 4. The Balaban J connectivity index is 2.30. The van der Waals surface area contributed by atoms with Crippen LogP contribution in [0.3, 0.4) is 0 Å². The van der Waals surface area contributed by atoms with Crippen LogP contribution >= 0.6 is 15.9 Å². The van der Waals surface area contributed by atoms with Gasteiger partial charge in [-0.1, -0.05) is 41.4 Å². The number of anilines is 1. The van der Waals surface area contributed by atoms with Gasteiger partial charge in [-0.05, 0) is 18.1 Å². The largest absolute Gasteiger partial charge is 0.304 e. The molecule has 1 heterocycles. The molecule has 1 unspecified atom stereocenters. The predicted molar refractivity (Wildman–Crippen MR) is 70.7 cm³/mol. The second-order valence-electron chi connectivity index (χ2n) is 4.19. The number of fused-ring (bicyclic) bond motifs is 1. The van der Waals surface area contributed by atoms with Gasteiger partial charge in [0.15, 0.2) is 0 Å². The molecule has 1 aromatic carbocycles. The smallest absolute Gasteiger partial charge is 0.299 e. The van der Waals surface area contributed by atoms with Gasteiger partial charge in [0.1, 0.15) is 0 Å². The average Bonchev–Trinajstić information content (AvgIpc) is 2.61. The molecule has 1 aromatic rings. The first-order valence-corrected chi connectivity index (χ1v) is 6.82. The van der Waals surface area contributed by atoms with Gasteiger partial charge in [-0.3, -0.25) is 9.59 Å². The number of nitrogens with zero attached hydrogens (tertiary/aromatic N) is 1. The minimum Gasteiger partial charge on any atom is -0.304 e. The number of Topliss-reactive ketones (excluding diaryl/α,β-unsaturated/α-hetero) is 1. The van der Waals surface area contributed by atoms with E-state index in [0.717, 1.165) is 17.4 Å². The number of para-hydroxylation sites is 1. The van der Waals surface area contributed by atoms with Crippen LogP contribution in [0.2, 0.25) is 0 Å². The molecule has 1 aliphatic heterocycles. The maximum absolute atomic E-state index is 11.9. The number of benzene rings is 1. The quantitative estimate of drug-likeness (QED) is 0.633. The van der Waals surface area contributed by atoms with E-state index in [-0.39, 0.29) is 5.78 Å². The summed E-state index contributed by atoms with van der Waals surface area (Å²) in [5, 5.41) is 0.837. The zero-order chi connectivity index (χ0) is 12.4. The van der Waals surface area contributed by atoms with E-state index in [1.165, 1.54) is 0 Å². The fourth-order valence-electron chi connectivity index (χ4n) is 1.97. The molecule has 0 bridgehead atoms. The molecule has 1 amide bonds. The highest BCUT2D eigenvalue weighted by molar-refractivity contribution is 9.09. The van der Waals surface area contributed by atoms with Gasteiger partial charge in [0.2, 0.25) is 0 Å². The molecule has 1 aliphatic rings. The summed E-state index contributed by atoms with van der Waals surface area (Å²) < 4.78 is 0. The lowest BCUT2D eigenvalue weighted by Crippen LogP contribution is -2.34. The number of halogens is 1. The second-order valence-corrected chi connectivity index (χ2v) is 4.84. The van der Waals surface area contributed by atoms with Crippen LogP contribution in [0.4, 0.5) is 5.69 Å². The Labute approximate surface area is 109 Å². The Morgan fingerprint density at radius 3 is 2.65 bits per heavy atom. The van der Waals surface area contributed by atoms with E-state index in [9.17, 15) is 9.59 Å². The number of ketones is 1. The van der Waals surface area contributed by atoms with Crippen molar-refractivity contribution in [3.05, 3.63) is 29.8 Å². The maximum atomic E-state index is 11.9. The first kappa shape index (κ1) is 12.3. The van der Waals surface area contributed by atoms with E-state index in [2.05, 4.69) is 22.9 Å². The van der Waals surface area contributed by atoms with Crippen molar-refractivity contribution in [1.82, 2.24) is 0 Å². The summed E-state index contributed by atoms with van der Waals surface area (Å²) in [4.78, 5) is 25.3. The highest BCUT2D eigenvalue weighted by Gasteiger charge is 2.35. The monoisotopic (exact) mass is 295 g/mol. The van der Waals surface area contributed by atoms with Crippen molar-refractivity contribution in [1.29, 1.82) is 0 Å². The normalized spacial score (nSPS) is 16.2. The molecule has 0 aliphatic carbocycles. The fraction of sp³-hybridized carbons (Fsp3) is 0.385. The standard InChI is InChI=1S/C13H14BrNO2/c1-2-9(7-14)8-15-11-6-4-3-5-10(11)12(16)13(15)17/h3-6,9H,2,7-8H2,1H3. The van der Waals surface area contributed by atoms with Crippen LogP contribution < -0.4 is 4.90 Å². The molecule has 0 N–H and O–H groups in total. The number of carbonyl (C=O) groups is 2. The Kier molecular flexibility index (Phi) is 3.62. The lowest BCUT2D eigenvalue weighted by atomic mass is 10.1. The number of amides is 1. The Morgan fingerprint density at radius 2 is 2.00 bits per heavy atom. The molecular formula is C13H14BrNO2. The van der Waals surface area contributed by atoms with E-state index < -0.39 is 5.91 Å². The van der Waals surface area contributed by atoms with Gasteiger partial charge in [0.25, 0.3) is 11.7 Å². The third kappa shape index (κ3) is 2.14. The van der Waals surface area contributed by atoms with Crippen LogP contribution in [-0.2, 0) is 4.79 Å². The van der Waals surface area contributed by atoms with Crippen LogP contribution in [0.1, 0.15) is 23.7 Å². The van der Waals surface area contributed by atoms with Gasteiger partial charge in [-0.15, -0.1) is 0 Å². The summed E-state index contributed by atoms with van der Waals surface area (Å²) in [6, 6.07) is 7.19. The highest BCUT2D eigenvalue weighted by Crippen LogP contribution is 2.29. The lowest BCUT2D eigenvalue weighted by molar-refractivity contribution is -0.114. The molecular weight excluding hydrogens is 282 g/mol. The third-order valence-corrected chi connectivity index (χ3v) is 4.03. The number of alkyl halides is 1. The first-order valence-electron chi connectivity index (χ1n) is 5.70. The molecule has 1 atom stereocenters. The summed E-state index contributed by atoms with van der Waals surface area (Å²) in [6.45, 7) is 2.68. The molecule has 0 fully saturated rings. The van der Waals surface area contributed by atoms with Crippen LogP contribution in [0.5, 0.6) is 0 Å². The van der Waals surface area contributed by atoms with Crippen molar-refractivity contribution in [3.63, 3.8) is 0 Å². The zero-order valence-corrected chi connectivity index (χ0v) is 11.2. The summed E-state index contributed by atoms with van der Waals surface area (Å²) in [6.07, 6.45) is 0.978. The van der Waals surface area contributed by atoms with Crippen LogP contribution in [0.25, 0.3) is 0 Å². The molecule has 0 aromatic heterocycles. The lowest BCUT2D eigenvalue weighted by Gasteiger charge is -2.21. The van der Waals surface area contributed by atoms with Crippen LogP contribution in [0, 0.1) is 5.92 Å². The Bertz CT molecular complexity index is 454. The Morgan fingerprint density at radius 1 is 1.29 bits per heavy atom. The van der Waals surface area contributed by atoms with E-state index in [1.807, 2.05) is 12.1 Å². The minimum atomic E-state index is -0.398. The van der Waals surface area contributed by atoms with Crippen molar-refractivity contribution in [2.24, 2.45) is 5.92 Å². The minimum absolute atomic E-state index is 0.373. The Hall–Kier alpha value is -1.16. The van der Waals surface area contributed by atoms with Gasteiger partial charge in [0.05, 0.1) is 11.3 Å². The van der Waals surface area contributed by atoms with Gasteiger partial charge in [-0.2, -0.15) is 0 Å². The van der Waals surface area contributed by atoms with Crippen molar-refractivity contribution < 1.29 is 9.59 Å². The van der Waals surface area contributed by atoms with Gasteiger partial charge >= 0.3 is 0 Å². The van der Waals surface area contributed by atoms with E-state index in [4.69, 9.17) is 0 Å². The fourth-order valence-corrected chi connectivity index (χ4v) is 2.64. The zero-order valence-electron chi connectivity index (χ0n) is 9.65. The molecule has 0 radical (unpaired) electrons. The van der Waals surface area contributed by atoms with E-state index >= 15 is 0 Å². The van der Waals surface area contributed by atoms with Gasteiger partial charge in [0, 0.05) is 11.9 Å².